The second-order valence-electron chi connectivity index (χ2n) is 5.14. The van der Waals surface area contributed by atoms with Crippen molar-refractivity contribution in [3.63, 3.8) is 0 Å². The van der Waals surface area contributed by atoms with Crippen molar-refractivity contribution in [3.05, 3.63) is 22.3 Å². The van der Waals surface area contributed by atoms with Crippen LogP contribution in [-0.2, 0) is 10.0 Å². The Kier molecular flexibility index (Phi) is 4.24. The molecule has 1 saturated heterocycles. The van der Waals surface area contributed by atoms with Crippen molar-refractivity contribution in [2.75, 3.05) is 36.8 Å². The number of hydrogen-bond acceptors (Lipinski definition) is 4. The number of aromatic nitrogens is 2. The van der Waals surface area contributed by atoms with Crippen molar-refractivity contribution in [2.45, 2.75) is 6.92 Å². The Labute approximate surface area is 139 Å². The summed E-state index contributed by atoms with van der Waals surface area (Å²) in [6.45, 7) is 3.81. The standard InChI is InChI=1S/C13H16Cl2N4O2S/c1-2-19-4-3-18(5-6-22(19,20)21)11-7-10(14)12(15)13-9(11)8-16-17-13/h7-8H,2-6H2,1H3,(H,16,17). The van der Waals surface area contributed by atoms with Gasteiger partial charge in [-0.25, -0.2) is 12.7 Å². The summed E-state index contributed by atoms with van der Waals surface area (Å²) in [7, 11) is -3.20. The minimum Gasteiger partial charge on any atom is -0.368 e. The third-order valence-electron chi connectivity index (χ3n) is 3.93. The lowest BCUT2D eigenvalue weighted by Crippen LogP contribution is -2.33. The summed E-state index contributed by atoms with van der Waals surface area (Å²) < 4.78 is 25.9. The van der Waals surface area contributed by atoms with E-state index in [1.54, 1.807) is 12.3 Å². The predicted molar refractivity (Wildman–Crippen MR) is 89.4 cm³/mol. The molecule has 6 nitrogen and oxygen atoms in total. The summed E-state index contributed by atoms with van der Waals surface area (Å²) in [6.07, 6.45) is 1.68. The van der Waals surface area contributed by atoms with Crippen molar-refractivity contribution in [1.29, 1.82) is 0 Å². The van der Waals surface area contributed by atoms with Crippen LogP contribution in [0.4, 0.5) is 5.69 Å². The molecule has 0 atom stereocenters. The van der Waals surface area contributed by atoms with E-state index in [2.05, 4.69) is 10.2 Å². The van der Waals surface area contributed by atoms with E-state index in [1.165, 1.54) is 4.31 Å². The van der Waals surface area contributed by atoms with Gasteiger partial charge in [-0.1, -0.05) is 30.1 Å². The number of sulfonamides is 1. The molecule has 0 unspecified atom stereocenters. The molecule has 3 rings (SSSR count). The molecule has 1 fully saturated rings. The molecular formula is C13H16Cl2N4O2S. The molecule has 120 valence electrons. The molecule has 1 aromatic heterocycles. The average Bonchev–Trinajstić information content (AvgIpc) is 2.90. The first-order valence-electron chi connectivity index (χ1n) is 6.98. The highest BCUT2D eigenvalue weighted by Crippen LogP contribution is 2.37. The van der Waals surface area contributed by atoms with Crippen LogP contribution in [0.5, 0.6) is 0 Å². The molecule has 0 spiro atoms. The molecule has 1 aliphatic heterocycles. The fourth-order valence-corrected chi connectivity index (χ4v) is 4.58. The lowest BCUT2D eigenvalue weighted by atomic mass is 10.2. The maximum atomic E-state index is 12.2. The molecule has 1 N–H and O–H groups in total. The van der Waals surface area contributed by atoms with Crippen LogP contribution in [0.25, 0.3) is 10.9 Å². The summed E-state index contributed by atoms with van der Waals surface area (Å²) >= 11 is 12.4. The Morgan fingerprint density at radius 1 is 1.32 bits per heavy atom. The third kappa shape index (κ3) is 2.67. The Hall–Kier alpha value is -1.02. The first-order chi connectivity index (χ1) is 10.4. The van der Waals surface area contributed by atoms with Gasteiger partial charge in [-0.05, 0) is 6.07 Å². The maximum Gasteiger partial charge on any atom is 0.215 e. The van der Waals surface area contributed by atoms with Crippen molar-refractivity contribution < 1.29 is 8.42 Å². The van der Waals surface area contributed by atoms with Gasteiger partial charge in [0.2, 0.25) is 10.0 Å². The van der Waals surface area contributed by atoms with E-state index in [9.17, 15) is 8.42 Å². The van der Waals surface area contributed by atoms with E-state index in [-0.39, 0.29) is 5.75 Å². The van der Waals surface area contributed by atoms with E-state index in [1.807, 2.05) is 11.8 Å². The third-order valence-corrected chi connectivity index (χ3v) is 6.65. The van der Waals surface area contributed by atoms with Crippen LogP contribution in [0.15, 0.2) is 12.3 Å². The summed E-state index contributed by atoms with van der Waals surface area (Å²) in [4.78, 5) is 2.02. The highest BCUT2D eigenvalue weighted by Gasteiger charge is 2.27. The zero-order chi connectivity index (χ0) is 15.9. The molecule has 1 aliphatic rings. The van der Waals surface area contributed by atoms with Crippen LogP contribution in [0.1, 0.15) is 6.92 Å². The van der Waals surface area contributed by atoms with Gasteiger partial charge in [0.25, 0.3) is 0 Å². The van der Waals surface area contributed by atoms with Crippen LogP contribution in [-0.4, -0.2) is 54.9 Å². The fraction of sp³-hybridized carbons (Fsp3) is 0.462. The first kappa shape index (κ1) is 15.9. The molecule has 1 aromatic carbocycles. The van der Waals surface area contributed by atoms with Crippen LogP contribution in [0.2, 0.25) is 10.0 Å². The number of nitrogens with one attached hydrogen (secondary N) is 1. The Bertz CT molecular complexity index is 806. The van der Waals surface area contributed by atoms with Crippen LogP contribution < -0.4 is 4.90 Å². The molecule has 9 heteroatoms. The van der Waals surface area contributed by atoms with Gasteiger partial charge in [-0.3, -0.25) is 5.10 Å². The van der Waals surface area contributed by atoms with E-state index in [0.29, 0.717) is 41.7 Å². The minimum absolute atomic E-state index is 0.0838. The monoisotopic (exact) mass is 362 g/mol. The van der Waals surface area contributed by atoms with Crippen molar-refractivity contribution in [1.82, 2.24) is 14.5 Å². The molecule has 0 saturated carbocycles. The number of aromatic amines is 1. The zero-order valence-electron chi connectivity index (χ0n) is 12.0. The SMILES string of the molecule is CCN1CCN(c2cc(Cl)c(Cl)c3[nH]ncc23)CCS1(=O)=O. The molecule has 0 bridgehead atoms. The van der Waals surface area contributed by atoms with Gasteiger partial charge in [0.15, 0.2) is 0 Å². The quantitative estimate of drug-likeness (QED) is 0.889. The highest BCUT2D eigenvalue weighted by molar-refractivity contribution is 7.89. The van der Waals surface area contributed by atoms with E-state index in [4.69, 9.17) is 23.2 Å². The van der Waals surface area contributed by atoms with Crippen molar-refractivity contribution in [3.8, 4) is 0 Å². The summed E-state index contributed by atoms with van der Waals surface area (Å²) in [5, 5.41) is 8.55. The van der Waals surface area contributed by atoms with Crippen LogP contribution in [0.3, 0.4) is 0 Å². The van der Waals surface area contributed by atoms with Gasteiger partial charge in [0.05, 0.1) is 27.5 Å². The number of halogens is 2. The largest absolute Gasteiger partial charge is 0.368 e. The van der Waals surface area contributed by atoms with Gasteiger partial charge < -0.3 is 4.90 Å². The first-order valence-corrected chi connectivity index (χ1v) is 9.34. The number of H-pyrrole nitrogens is 1. The second-order valence-corrected chi connectivity index (χ2v) is 8.02. The van der Waals surface area contributed by atoms with Crippen molar-refractivity contribution >= 4 is 49.8 Å². The summed E-state index contributed by atoms with van der Waals surface area (Å²) in [6, 6.07) is 1.77. The molecule has 0 amide bonds. The summed E-state index contributed by atoms with van der Waals surface area (Å²) in [5.74, 6) is 0.0838. The van der Waals surface area contributed by atoms with Crippen LogP contribution >= 0.6 is 23.2 Å². The molecule has 2 heterocycles. The van der Waals surface area contributed by atoms with E-state index in [0.717, 1.165) is 11.1 Å². The van der Waals surface area contributed by atoms with Gasteiger partial charge in [-0.2, -0.15) is 5.10 Å². The smallest absolute Gasteiger partial charge is 0.215 e. The second kappa shape index (κ2) is 5.88. The van der Waals surface area contributed by atoms with Gasteiger partial charge in [0, 0.05) is 37.3 Å². The molecule has 0 aliphatic carbocycles. The number of likely N-dealkylation sites (N-methyl/N-ethyl adjacent to an activating group) is 1. The average molecular weight is 363 g/mol. The molecule has 22 heavy (non-hydrogen) atoms. The number of rotatable bonds is 2. The Morgan fingerprint density at radius 3 is 2.82 bits per heavy atom. The van der Waals surface area contributed by atoms with Gasteiger partial charge in [-0.15, -0.1) is 0 Å². The maximum absolute atomic E-state index is 12.2. The number of nitrogens with zero attached hydrogens (tertiary/aromatic N) is 3. The number of fused-ring (bicyclic) bond motifs is 1. The predicted octanol–water partition coefficient (Wildman–Crippen LogP) is 2.34. The minimum atomic E-state index is -3.20. The fourth-order valence-electron chi connectivity index (χ4n) is 2.72. The lowest BCUT2D eigenvalue weighted by Gasteiger charge is -2.23. The Morgan fingerprint density at radius 2 is 2.09 bits per heavy atom. The zero-order valence-corrected chi connectivity index (χ0v) is 14.3. The van der Waals surface area contributed by atoms with Crippen molar-refractivity contribution in [2.24, 2.45) is 0 Å². The number of hydrogen-bond donors (Lipinski definition) is 1. The van der Waals surface area contributed by atoms with Gasteiger partial charge in [0.1, 0.15) is 0 Å². The lowest BCUT2D eigenvalue weighted by molar-refractivity contribution is 0.442. The highest BCUT2D eigenvalue weighted by atomic mass is 35.5. The summed E-state index contributed by atoms with van der Waals surface area (Å²) in [5.41, 5.74) is 1.52. The molecular weight excluding hydrogens is 347 g/mol. The van der Waals surface area contributed by atoms with E-state index < -0.39 is 10.0 Å². The molecule has 0 radical (unpaired) electrons. The van der Waals surface area contributed by atoms with E-state index >= 15 is 0 Å². The number of anilines is 1. The Balaban J connectivity index is 2.02. The normalized spacial score (nSPS) is 19.5. The topological polar surface area (TPSA) is 69.3 Å². The molecule has 2 aromatic rings. The van der Waals surface area contributed by atoms with Crippen LogP contribution in [0, 0.1) is 0 Å². The number of benzene rings is 1. The van der Waals surface area contributed by atoms with Gasteiger partial charge >= 0.3 is 0 Å².